The second kappa shape index (κ2) is 5.80. The van der Waals surface area contributed by atoms with Gasteiger partial charge in [-0.2, -0.15) is 0 Å². The van der Waals surface area contributed by atoms with Crippen LogP contribution in [0, 0.1) is 0 Å². The van der Waals surface area contributed by atoms with Crippen LogP contribution in [0.2, 0.25) is 5.02 Å². The number of halogens is 3. The highest BCUT2D eigenvalue weighted by atomic mass is 79.9. The zero-order valence-corrected chi connectivity index (χ0v) is 17.6. The Labute approximate surface area is 173 Å². The quantitative estimate of drug-likeness (QED) is 0.303. The Bertz CT molecular complexity index is 1370. The Morgan fingerprint density at radius 1 is 0.846 bits per heavy atom. The molecule has 0 aliphatic carbocycles. The minimum Gasteiger partial charge on any atom is -0.289 e. The average Bonchev–Trinajstić information content (AvgIpc) is 3.07. The van der Waals surface area contributed by atoms with Crippen molar-refractivity contribution in [2.45, 2.75) is 4.90 Å². The van der Waals surface area contributed by atoms with E-state index in [4.69, 9.17) is 11.6 Å². The van der Waals surface area contributed by atoms with Crippen molar-refractivity contribution >= 4 is 87.5 Å². The minimum atomic E-state index is -0.118. The fourth-order valence-electron chi connectivity index (χ4n) is 3.50. The molecule has 126 valence electrons. The van der Waals surface area contributed by atoms with E-state index in [1.54, 1.807) is 18.2 Å². The van der Waals surface area contributed by atoms with Crippen molar-refractivity contribution in [2.75, 3.05) is 0 Å². The van der Waals surface area contributed by atoms with Gasteiger partial charge in [0.15, 0.2) is 5.43 Å². The van der Waals surface area contributed by atoms with Crippen LogP contribution in [-0.4, -0.2) is 5.78 Å². The highest BCUT2D eigenvalue weighted by molar-refractivity contribution is 9.11. The molecule has 26 heavy (non-hydrogen) atoms. The van der Waals surface area contributed by atoms with Gasteiger partial charge >= 0.3 is 0 Å². The van der Waals surface area contributed by atoms with Crippen molar-refractivity contribution in [2.24, 2.45) is 0 Å². The summed E-state index contributed by atoms with van der Waals surface area (Å²) in [6.45, 7) is 0. The molecule has 1 aliphatic rings. The summed E-state index contributed by atoms with van der Waals surface area (Å²) < 4.78 is 1.81. The van der Waals surface area contributed by atoms with Crippen LogP contribution in [0.4, 0.5) is 0 Å². The third kappa shape index (κ3) is 2.18. The van der Waals surface area contributed by atoms with Gasteiger partial charge in [-0.05, 0) is 41.8 Å². The molecule has 0 N–H and O–H groups in total. The predicted octanol–water partition coefficient (Wildman–Crippen LogP) is 5.79. The third-order valence-electron chi connectivity index (χ3n) is 4.63. The van der Waals surface area contributed by atoms with E-state index >= 15 is 0 Å². The third-order valence-corrected chi connectivity index (χ3v) is 7.34. The molecule has 1 aliphatic heterocycles. The summed E-state index contributed by atoms with van der Waals surface area (Å²) in [5.41, 5.74) is 0.491. The maximum atomic E-state index is 13.2. The molecule has 0 spiro atoms. The van der Waals surface area contributed by atoms with Crippen LogP contribution in [0.5, 0.6) is 0 Å². The molecular weight excluding hydrogens is 500 g/mol. The molecule has 0 atom stereocenters. The summed E-state index contributed by atoms with van der Waals surface area (Å²) in [4.78, 5) is 27.4. The topological polar surface area (TPSA) is 34.1 Å². The van der Waals surface area contributed by atoms with Crippen LogP contribution in [0.3, 0.4) is 0 Å². The SMILES string of the molecule is O=C1/C(=c2\c(=O)c3ccc(Br)c4c(Br)ccc2c43)Sc2cc(Cl)ccc21. The Morgan fingerprint density at radius 3 is 2.27 bits per heavy atom. The second-order valence-corrected chi connectivity index (χ2v) is 9.24. The smallest absolute Gasteiger partial charge is 0.201 e. The van der Waals surface area contributed by atoms with Gasteiger partial charge in [-0.25, -0.2) is 0 Å². The summed E-state index contributed by atoms with van der Waals surface area (Å²) in [6.07, 6.45) is 0. The van der Waals surface area contributed by atoms with Crippen molar-refractivity contribution in [3.8, 4) is 0 Å². The predicted molar refractivity (Wildman–Crippen MR) is 115 cm³/mol. The van der Waals surface area contributed by atoms with Gasteiger partial charge in [0.1, 0.15) is 0 Å². The first-order valence-electron chi connectivity index (χ1n) is 7.69. The number of carbonyl (C=O) groups excluding carboxylic acids is 1. The monoisotopic (exact) mass is 504 g/mol. The molecule has 0 saturated heterocycles. The Balaban J connectivity index is 1.98. The summed E-state index contributed by atoms with van der Waals surface area (Å²) in [5.74, 6) is -0.118. The molecule has 0 bridgehead atoms. The van der Waals surface area contributed by atoms with Gasteiger partial charge in [0.25, 0.3) is 0 Å². The zero-order chi connectivity index (χ0) is 18.2. The number of Topliss-reactive ketones (excluding diaryl/α,β-unsaturated/α-hetero) is 1. The van der Waals surface area contributed by atoms with Crippen LogP contribution in [0.15, 0.2) is 61.1 Å². The molecule has 0 unspecified atom stereocenters. The van der Waals surface area contributed by atoms with Gasteiger partial charge in [-0.1, -0.05) is 61.3 Å². The van der Waals surface area contributed by atoms with Gasteiger partial charge in [0.05, 0.1) is 4.91 Å². The number of benzene rings is 3. The summed E-state index contributed by atoms with van der Waals surface area (Å²) in [6, 6.07) is 12.7. The molecule has 2 nitrogen and oxygen atoms in total. The molecule has 0 radical (unpaired) electrons. The zero-order valence-electron chi connectivity index (χ0n) is 12.9. The number of ketones is 1. The lowest BCUT2D eigenvalue weighted by atomic mass is 10.1. The van der Waals surface area contributed by atoms with Crippen LogP contribution in [-0.2, 0) is 0 Å². The van der Waals surface area contributed by atoms with Gasteiger partial charge < -0.3 is 0 Å². The highest BCUT2D eigenvalue weighted by Gasteiger charge is 2.29. The van der Waals surface area contributed by atoms with Gasteiger partial charge in [-0.3, -0.25) is 9.59 Å². The molecule has 0 fully saturated rings. The number of hydrogen-bond donors (Lipinski definition) is 0. The Kier molecular flexibility index (Phi) is 3.73. The number of carbonyl (C=O) groups is 1. The maximum absolute atomic E-state index is 13.2. The molecule has 5 rings (SSSR count). The molecular formula is C20H7Br2ClO2S. The number of hydrogen-bond acceptors (Lipinski definition) is 3. The van der Waals surface area contributed by atoms with Gasteiger partial charge in [0, 0.05) is 45.8 Å². The van der Waals surface area contributed by atoms with Crippen LogP contribution in [0.1, 0.15) is 10.4 Å². The molecule has 0 amide bonds. The standard InChI is InChI=1S/C20H7Br2ClO2S/c21-12-5-3-10-15-11(4-6-13(22)17(12)15)18(24)16(10)20-19(25)9-2-1-8(23)7-14(9)26-20/h1-7H/b20-16+. The van der Waals surface area contributed by atoms with Crippen molar-refractivity contribution in [3.63, 3.8) is 0 Å². The fraction of sp³-hybridized carbons (Fsp3) is 0. The Hall–Kier alpha value is -1.40. The first-order chi connectivity index (χ1) is 12.5. The van der Waals surface area contributed by atoms with Crippen molar-refractivity contribution < 1.29 is 4.79 Å². The van der Waals surface area contributed by atoms with E-state index in [1.165, 1.54) is 11.8 Å². The lowest BCUT2D eigenvalue weighted by Gasteiger charge is -2.04. The summed E-state index contributed by atoms with van der Waals surface area (Å²) in [5, 5.41) is 4.32. The fourth-order valence-corrected chi connectivity index (χ4v) is 6.28. The molecule has 4 aromatic rings. The van der Waals surface area contributed by atoms with E-state index in [1.807, 2.05) is 24.3 Å². The maximum Gasteiger partial charge on any atom is 0.201 e. The van der Waals surface area contributed by atoms with E-state index in [-0.39, 0.29) is 11.2 Å². The van der Waals surface area contributed by atoms with E-state index in [9.17, 15) is 9.59 Å². The second-order valence-electron chi connectivity index (χ2n) is 6.04. The molecule has 1 heterocycles. The normalized spacial score (nSPS) is 16.0. The van der Waals surface area contributed by atoms with E-state index in [2.05, 4.69) is 31.9 Å². The van der Waals surface area contributed by atoms with Crippen LogP contribution >= 0.6 is 55.2 Å². The van der Waals surface area contributed by atoms with E-state index in [0.717, 1.165) is 30.0 Å². The first kappa shape index (κ1) is 16.8. The van der Waals surface area contributed by atoms with Crippen molar-refractivity contribution in [1.82, 2.24) is 0 Å². The molecule has 0 aromatic heterocycles. The highest BCUT2D eigenvalue weighted by Crippen LogP contribution is 2.42. The molecule has 6 heteroatoms. The number of rotatable bonds is 0. The number of fused-ring (bicyclic) bond motifs is 1. The van der Waals surface area contributed by atoms with Gasteiger partial charge in [-0.15, -0.1) is 0 Å². The Morgan fingerprint density at radius 2 is 1.54 bits per heavy atom. The van der Waals surface area contributed by atoms with Crippen LogP contribution < -0.4 is 10.6 Å². The first-order valence-corrected chi connectivity index (χ1v) is 10.5. The largest absolute Gasteiger partial charge is 0.289 e. The number of thioether (sulfide) groups is 1. The van der Waals surface area contributed by atoms with Gasteiger partial charge in [0.2, 0.25) is 5.78 Å². The summed E-state index contributed by atoms with van der Waals surface area (Å²) in [7, 11) is 0. The average molecular weight is 507 g/mol. The molecule has 4 aromatic carbocycles. The lowest BCUT2D eigenvalue weighted by molar-refractivity contribution is 0.105. The van der Waals surface area contributed by atoms with E-state index in [0.29, 0.717) is 26.1 Å². The molecule has 0 saturated carbocycles. The summed E-state index contributed by atoms with van der Waals surface area (Å²) >= 11 is 14.5. The lowest BCUT2D eigenvalue weighted by Crippen LogP contribution is -2.23. The minimum absolute atomic E-state index is 0.106. The van der Waals surface area contributed by atoms with Crippen molar-refractivity contribution in [1.29, 1.82) is 0 Å². The van der Waals surface area contributed by atoms with Crippen molar-refractivity contribution in [3.05, 3.63) is 77.4 Å². The van der Waals surface area contributed by atoms with Crippen LogP contribution in [0.25, 0.3) is 26.5 Å². The van der Waals surface area contributed by atoms with E-state index < -0.39 is 0 Å².